The second-order valence-electron chi connectivity index (χ2n) is 3.26. The fourth-order valence-electron chi connectivity index (χ4n) is 1.05. The van der Waals surface area contributed by atoms with E-state index in [1.54, 1.807) is 25.1 Å². The van der Waals surface area contributed by atoms with Crippen molar-refractivity contribution < 1.29 is 19.0 Å². The molecule has 0 heterocycles. The molecular formula is C11H15NO4. The molecule has 0 fully saturated rings. The lowest BCUT2D eigenvalue weighted by Gasteiger charge is -2.10. The van der Waals surface area contributed by atoms with Gasteiger partial charge in [-0.1, -0.05) is 0 Å². The minimum atomic E-state index is -0.669. The molecule has 0 aliphatic heterocycles. The first-order valence-electron chi connectivity index (χ1n) is 4.77. The fraction of sp³-hybridized carbons (Fsp3) is 0.364. The zero-order valence-corrected chi connectivity index (χ0v) is 9.52. The van der Waals surface area contributed by atoms with Crippen LogP contribution in [-0.4, -0.2) is 26.2 Å². The molecule has 88 valence electrons. The van der Waals surface area contributed by atoms with Gasteiger partial charge in [-0.25, -0.2) is 4.79 Å². The Labute approximate surface area is 94.1 Å². The van der Waals surface area contributed by atoms with Crippen molar-refractivity contribution in [2.24, 2.45) is 5.73 Å². The first-order chi connectivity index (χ1) is 7.56. The molecule has 0 bridgehead atoms. The highest BCUT2D eigenvalue weighted by Crippen LogP contribution is 2.27. The van der Waals surface area contributed by atoms with Crippen molar-refractivity contribution in [3.8, 4) is 17.2 Å². The molecule has 1 aromatic carbocycles. The number of rotatable bonds is 4. The maximum absolute atomic E-state index is 11.3. The number of ether oxygens (including phenoxy) is 3. The molecule has 0 saturated carbocycles. The fourth-order valence-corrected chi connectivity index (χ4v) is 1.05. The van der Waals surface area contributed by atoms with Crippen LogP contribution in [0.3, 0.4) is 0 Å². The van der Waals surface area contributed by atoms with Crippen LogP contribution in [0.25, 0.3) is 0 Å². The molecule has 5 heteroatoms. The molecule has 0 saturated heterocycles. The van der Waals surface area contributed by atoms with Gasteiger partial charge in [0.25, 0.3) is 0 Å². The van der Waals surface area contributed by atoms with Crippen LogP contribution in [0, 0.1) is 0 Å². The molecule has 0 aliphatic rings. The lowest BCUT2D eigenvalue weighted by Crippen LogP contribution is -2.30. The van der Waals surface area contributed by atoms with E-state index in [-0.39, 0.29) is 0 Å². The minimum Gasteiger partial charge on any atom is -0.496 e. The van der Waals surface area contributed by atoms with Gasteiger partial charge in [-0.2, -0.15) is 0 Å². The maximum Gasteiger partial charge on any atom is 0.328 e. The van der Waals surface area contributed by atoms with Crippen molar-refractivity contribution in [2.75, 3.05) is 14.2 Å². The van der Waals surface area contributed by atoms with Gasteiger partial charge < -0.3 is 19.9 Å². The van der Waals surface area contributed by atoms with Gasteiger partial charge in [0.05, 0.1) is 14.2 Å². The summed E-state index contributed by atoms with van der Waals surface area (Å²) in [6, 6.07) is 4.19. The standard InChI is InChI=1S/C11H15NO4/c1-7(12)11(13)16-10-5-8(14-2)4-9(6-10)15-3/h4-7H,12H2,1-3H3. The van der Waals surface area contributed by atoms with E-state index in [0.29, 0.717) is 17.2 Å². The zero-order valence-electron chi connectivity index (χ0n) is 9.52. The summed E-state index contributed by atoms with van der Waals surface area (Å²) in [5, 5.41) is 0. The van der Waals surface area contributed by atoms with E-state index < -0.39 is 12.0 Å². The number of benzene rings is 1. The van der Waals surface area contributed by atoms with Gasteiger partial charge in [-0.05, 0) is 6.92 Å². The number of hydrogen-bond donors (Lipinski definition) is 1. The van der Waals surface area contributed by atoms with Crippen LogP contribution in [0.5, 0.6) is 17.2 Å². The number of nitrogens with two attached hydrogens (primary N) is 1. The van der Waals surface area contributed by atoms with Gasteiger partial charge in [-0.3, -0.25) is 0 Å². The molecule has 0 amide bonds. The Morgan fingerprint density at radius 3 is 1.94 bits per heavy atom. The molecule has 0 aliphatic carbocycles. The number of carbonyl (C=O) groups is 1. The van der Waals surface area contributed by atoms with Crippen molar-refractivity contribution in [1.82, 2.24) is 0 Å². The molecule has 0 spiro atoms. The quantitative estimate of drug-likeness (QED) is 0.610. The SMILES string of the molecule is COc1cc(OC)cc(OC(=O)C(C)N)c1. The highest BCUT2D eigenvalue weighted by Gasteiger charge is 2.11. The van der Waals surface area contributed by atoms with Crippen molar-refractivity contribution in [3.63, 3.8) is 0 Å². The molecule has 0 aromatic heterocycles. The van der Waals surface area contributed by atoms with Crippen LogP contribution < -0.4 is 19.9 Å². The molecule has 5 nitrogen and oxygen atoms in total. The van der Waals surface area contributed by atoms with Crippen LogP contribution in [0.1, 0.15) is 6.92 Å². The monoisotopic (exact) mass is 225 g/mol. The average Bonchev–Trinajstić information content (AvgIpc) is 2.28. The highest BCUT2D eigenvalue weighted by atomic mass is 16.5. The van der Waals surface area contributed by atoms with Gasteiger partial charge in [0.15, 0.2) is 0 Å². The summed E-state index contributed by atoms with van der Waals surface area (Å²) in [5.41, 5.74) is 5.39. The van der Waals surface area contributed by atoms with Crippen molar-refractivity contribution in [2.45, 2.75) is 13.0 Å². The number of methoxy groups -OCH3 is 2. The van der Waals surface area contributed by atoms with E-state index in [2.05, 4.69) is 0 Å². The maximum atomic E-state index is 11.3. The van der Waals surface area contributed by atoms with E-state index in [0.717, 1.165) is 0 Å². The molecule has 1 rings (SSSR count). The molecular weight excluding hydrogens is 210 g/mol. The van der Waals surface area contributed by atoms with Crippen molar-refractivity contribution >= 4 is 5.97 Å². The minimum absolute atomic E-state index is 0.346. The van der Waals surface area contributed by atoms with Gasteiger partial charge in [0.1, 0.15) is 23.3 Å². The Kier molecular flexibility index (Phi) is 4.13. The number of hydrogen-bond acceptors (Lipinski definition) is 5. The van der Waals surface area contributed by atoms with E-state index in [9.17, 15) is 4.79 Å². The van der Waals surface area contributed by atoms with E-state index in [1.165, 1.54) is 14.2 Å². The third-order valence-electron chi connectivity index (χ3n) is 1.92. The van der Waals surface area contributed by atoms with Crippen molar-refractivity contribution in [1.29, 1.82) is 0 Å². The predicted octanol–water partition coefficient (Wildman–Crippen LogP) is 0.956. The first-order valence-corrected chi connectivity index (χ1v) is 4.77. The van der Waals surface area contributed by atoms with Crippen LogP contribution in [0.4, 0.5) is 0 Å². The largest absolute Gasteiger partial charge is 0.496 e. The smallest absolute Gasteiger partial charge is 0.328 e. The van der Waals surface area contributed by atoms with E-state index in [4.69, 9.17) is 19.9 Å². The number of esters is 1. The lowest BCUT2D eigenvalue weighted by molar-refractivity contribution is -0.135. The summed E-state index contributed by atoms with van der Waals surface area (Å²) < 4.78 is 15.1. The average molecular weight is 225 g/mol. The van der Waals surface area contributed by atoms with Crippen molar-refractivity contribution in [3.05, 3.63) is 18.2 Å². The lowest BCUT2D eigenvalue weighted by atomic mass is 10.3. The van der Waals surface area contributed by atoms with E-state index >= 15 is 0 Å². The highest BCUT2D eigenvalue weighted by molar-refractivity contribution is 5.77. The predicted molar refractivity (Wildman–Crippen MR) is 58.8 cm³/mol. The Balaban J connectivity index is 2.91. The Bertz CT molecular complexity index is 354. The molecule has 1 unspecified atom stereocenters. The third kappa shape index (κ3) is 3.13. The molecule has 0 radical (unpaired) electrons. The van der Waals surface area contributed by atoms with Crippen LogP contribution in [-0.2, 0) is 4.79 Å². The van der Waals surface area contributed by atoms with Crippen LogP contribution in [0.15, 0.2) is 18.2 Å². The Morgan fingerprint density at radius 2 is 1.56 bits per heavy atom. The van der Waals surface area contributed by atoms with Gasteiger partial charge in [-0.15, -0.1) is 0 Å². The van der Waals surface area contributed by atoms with E-state index in [1.807, 2.05) is 0 Å². The topological polar surface area (TPSA) is 70.8 Å². The van der Waals surface area contributed by atoms with Gasteiger partial charge >= 0.3 is 5.97 Å². The molecule has 1 atom stereocenters. The van der Waals surface area contributed by atoms with Gasteiger partial charge in [0, 0.05) is 18.2 Å². The summed E-state index contributed by atoms with van der Waals surface area (Å²) in [5.74, 6) is 0.937. The number of carbonyl (C=O) groups excluding carboxylic acids is 1. The second-order valence-corrected chi connectivity index (χ2v) is 3.26. The first kappa shape index (κ1) is 12.3. The zero-order chi connectivity index (χ0) is 12.1. The Morgan fingerprint density at radius 1 is 1.12 bits per heavy atom. The van der Waals surface area contributed by atoms with Gasteiger partial charge in [0.2, 0.25) is 0 Å². The molecule has 2 N–H and O–H groups in total. The third-order valence-corrected chi connectivity index (χ3v) is 1.92. The van der Waals surface area contributed by atoms with Crippen LogP contribution >= 0.6 is 0 Å². The molecule has 1 aromatic rings. The normalized spacial score (nSPS) is 11.8. The summed E-state index contributed by atoms with van der Waals surface area (Å²) in [4.78, 5) is 11.3. The molecule has 16 heavy (non-hydrogen) atoms. The second kappa shape index (κ2) is 5.37. The summed E-state index contributed by atoms with van der Waals surface area (Å²) in [7, 11) is 3.04. The summed E-state index contributed by atoms with van der Waals surface area (Å²) >= 11 is 0. The Hall–Kier alpha value is -1.75. The van der Waals surface area contributed by atoms with Crippen LogP contribution in [0.2, 0.25) is 0 Å². The summed E-state index contributed by atoms with van der Waals surface area (Å²) in [6.45, 7) is 1.56. The summed E-state index contributed by atoms with van der Waals surface area (Å²) in [6.07, 6.45) is 0.